The number of nitrogens with one attached hydrogen (secondary N) is 1. The van der Waals surface area contributed by atoms with Crippen LogP contribution in [-0.4, -0.2) is 27.4 Å². The molecule has 1 aliphatic rings. The van der Waals surface area contributed by atoms with Gasteiger partial charge in [-0.15, -0.1) is 0 Å². The Kier molecular flexibility index (Phi) is 5.65. The van der Waals surface area contributed by atoms with Crippen LogP contribution in [-0.2, 0) is 27.7 Å². The monoisotopic (exact) mass is 392 g/mol. The summed E-state index contributed by atoms with van der Waals surface area (Å²) in [4.78, 5) is 13.7. The van der Waals surface area contributed by atoms with Gasteiger partial charge in [-0.05, 0) is 60.7 Å². The molecule has 0 aromatic heterocycles. The van der Waals surface area contributed by atoms with E-state index in [1.807, 2.05) is 18.2 Å². The number of anilines is 1. The van der Waals surface area contributed by atoms with Crippen LogP contribution in [0.5, 0.6) is 0 Å². The Morgan fingerprint density at radius 2 is 2.04 bits per heavy atom. The molecule has 26 heavy (non-hydrogen) atoms. The summed E-state index contributed by atoms with van der Waals surface area (Å²) < 4.78 is 27.8. The molecule has 2 aromatic rings. The van der Waals surface area contributed by atoms with Gasteiger partial charge in [0.1, 0.15) is 0 Å². The van der Waals surface area contributed by atoms with Crippen molar-refractivity contribution in [3.8, 4) is 0 Å². The first-order valence-electron chi connectivity index (χ1n) is 8.52. The molecule has 1 amide bonds. The Bertz CT molecular complexity index is 928. The van der Waals surface area contributed by atoms with Crippen molar-refractivity contribution in [1.29, 1.82) is 0 Å². The molecule has 0 radical (unpaired) electrons. The van der Waals surface area contributed by atoms with E-state index in [0.717, 1.165) is 29.7 Å². The first-order valence-corrected chi connectivity index (χ1v) is 10.4. The number of fused-ring (bicyclic) bond motifs is 1. The maximum Gasteiger partial charge on any atom is 0.240 e. The van der Waals surface area contributed by atoms with Gasteiger partial charge >= 0.3 is 0 Å². The van der Waals surface area contributed by atoms with Crippen LogP contribution >= 0.6 is 11.6 Å². The molecule has 138 valence electrons. The Morgan fingerprint density at radius 3 is 2.77 bits per heavy atom. The zero-order valence-electron chi connectivity index (χ0n) is 14.5. The highest BCUT2D eigenvalue weighted by atomic mass is 35.5. The smallest absolute Gasteiger partial charge is 0.240 e. The number of amides is 1. The lowest BCUT2D eigenvalue weighted by molar-refractivity contribution is -0.116. The molecule has 0 spiro atoms. The van der Waals surface area contributed by atoms with Crippen LogP contribution in [0.3, 0.4) is 0 Å². The van der Waals surface area contributed by atoms with E-state index in [9.17, 15) is 13.2 Å². The van der Waals surface area contributed by atoms with Gasteiger partial charge in [-0.3, -0.25) is 4.79 Å². The second-order valence-corrected chi connectivity index (χ2v) is 8.55. The van der Waals surface area contributed by atoms with E-state index >= 15 is 0 Å². The average molecular weight is 393 g/mol. The summed E-state index contributed by atoms with van der Waals surface area (Å²) in [6, 6.07) is 12.3. The fraction of sp³-hybridized carbons (Fsp3) is 0.316. The first kappa shape index (κ1) is 18.9. The number of hydrogen-bond acceptors (Lipinski definition) is 3. The van der Waals surface area contributed by atoms with Crippen LogP contribution in [0.15, 0.2) is 47.4 Å². The summed E-state index contributed by atoms with van der Waals surface area (Å²) in [7, 11) is -3.60. The van der Waals surface area contributed by atoms with Crippen molar-refractivity contribution in [2.24, 2.45) is 0 Å². The van der Waals surface area contributed by atoms with E-state index in [2.05, 4.69) is 4.72 Å². The molecule has 1 N–H and O–H groups in total. The van der Waals surface area contributed by atoms with E-state index in [-0.39, 0.29) is 10.8 Å². The molecule has 5 nitrogen and oxygen atoms in total. The van der Waals surface area contributed by atoms with Crippen molar-refractivity contribution < 1.29 is 13.2 Å². The fourth-order valence-corrected chi connectivity index (χ4v) is 4.47. The summed E-state index contributed by atoms with van der Waals surface area (Å²) in [5.74, 6) is -0.0267. The van der Waals surface area contributed by atoms with Crippen molar-refractivity contribution in [3.05, 3.63) is 58.6 Å². The third kappa shape index (κ3) is 4.26. The van der Waals surface area contributed by atoms with E-state index < -0.39 is 10.0 Å². The van der Waals surface area contributed by atoms with E-state index in [4.69, 9.17) is 11.6 Å². The molecule has 0 bridgehead atoms. The van der Waals surface area contributed by atoms with Crippen LogP contribution < -0.4 is 9.62 Å². The number of rotatable bonds is 5. The molecule has 2 aromatic carbocycles. The Labute approximate surface area is 159 Å². The van der Waals surface area contributed by atoms with Crippen molar-refractivity contribution in [2.75, 3.05) is 18.0 Å². The van der Waals surface area contributed by atoms with Crippen LogP contribution in [0.25, 0.3) is 0 Å². The summed E-state index contributed by atoms with van der Waals surface area (Å²) >= 11 is 5.94. The van der Waals surface area contributed by atoms with E-state index in [0.29, 0.717) is 24.5 Å². The first-order chi connectivity index (χ1) is 12.4. The average Bonchev–Trinajstić information content (AvgIpc) is 2.60. The summed E-state index contributed by atoms with van der Waals surface area (Å²) in [5.41, 5.74) is 2.67. The minimum atomic E-state index is -3.60. The number of nitrogens with zero attached hydrogens (tertiary/aromatic N) is 1. The third-order valence-corrected chi connectivity index (χ3v) is 6.15. The van der Waals surface area contributed by atoms with Crippen LogP contribution in [0, 0.1) is 0 Å². The minimum absolute atomic E-state index is 0.0267. The lowest BCUT2D eigenvalue weighted by atomic mass is 10.0. The standard InChI is InChI=1S/C19H21ClN2O3S/c1-14(23)22-11-3-5-16-13-18(7-8-19(16)22)26(24,25)21-10-9-15-4-2-6-17(20)12-15/h2,4,6-8,12-13,21H,3,5,9-11H2,1H3. The second kappa shape index (κ2) is 7.78. The van der Waals surface area contributed by atoms with Crippen LogP contribution in [0.1, 0.15) is 24.5 Å². The van der Waals surface area contributed by atoms with Gasteiger partial charge in [0.05, 0.1) is 4.90 Å². The van der Waals surface area contributed by atoms with Crippen molar-refractivity contribution in [3.63, 3.8) is 0 Å². The quantitative estimate of drug-likeness (QED) is 0.849. The Morgan fingerprint density at radius 1 is 1.23 bits per heavy atom. The predicted octanol–water partition coefficient (Wildman–Crippen LogP) is 3.16. The molecule has 1 heterocycles. The van der Waals surface area contributed by atoms with Gasteiger partial charge in [0.15, 0.2) is 0 Å². The molecule has 3 rings (SSSR count). The molecular weight excluding hydrogens is 372 g/mol. The molecule has 0 unspecified atom stereocenters. The molecule has 1 aliphatic heterocycles. The third-order valence-electron chi connectivity index (χ3n) is 4.45. The number of aryl methyl sites for hydroxylation is 1. The van der Waals surface area contributed by atoms with E-state index in [1.165, 1.54) is 6.92 Å². The highest BCUT2D eigenvalue weighted by molar-refractivity contribution is 7.89. The van der Waals surface area contributed by atoms with Gasteiger partial charge in [-0.1, -0.05) is 23.7 Å². The van der Waals surface area contributed by atoms with Crippen molar-refractivity contribution in [2.45, 2.75) is 31.1 Å². The normalized spacial score (nSPS) is 14.2. The fourth-order valence-electron chi connectivity index (χ4n) is 3.17. The maximum absolute atomic E-state index is 12.6. The Balaban J connectivity index is 1.72. The molecule has 0 fully saturated rings. The number of halogens is 1. The van der Waals surface area contributed by atoms with Crippen LogP contribution in [0.2, 0.25) is 5.02 Å². The maximum atomic E-state index is 12.6. The highest BCUT2D eigenvalue weighted by Crippen LogP contribution is 2.29. The minimum Gasteiger partial charge on any atom is -0.312 e. The zero-order chi connectivity index (χ0) is 18.7. The molecule has 0 saturated heterocycles. The lowest BCUT2D eigenvalue weighted by Gasteiger charge is -2.28. The van der Waals surface area contributed by atoms with Crippen LogP contribution in [0.4, 0.5) is 5.69 Å². The summed E-state index contributed by atoms with van der Waals surface area (Å²) in [5, 5.41) is 0.634. The SMILES string of the molecule is CC(=O)N1CCCc2cc(S(=O)(=O)NCCc3cccc(Cl)c3)ccc21. The lowest BCUT2D eigenvalue weighted by Crippen LogP contribution is -2.33. The number of hydrogen-bond donors (Lipinski definition) is 1. The number of benzene rings is 2. The molecule has 0 aliphatic carbocycles. The largest absolute Gasteiger partial charge is 0.312 e. The topological polar surface area (TPSA) is 66.5 Å². The molecular formula is C19H21ClN2O3S. The van der Waals surface area contributed by atoms with Crippen molar-refractivity contribution >= 4 is 33.2 Å². The highest BCUT2D eigenvalue weighted by Gasteiger charge is 2.22. The van der Waals surface area contributed by atoms with Gasteiger partial charge in [0, 0.05) is 30.7 Å². The summed E-state index contributed by atoms with van der Waals surface area (Å²) in [6.07, 6.45) is 2.16. The number of carbonyl (C=O) groups excluding carboxylic acids is 1. The predicted molar refractivity (Wildman–Crippen MR) is 103 cm³/mol. The molecule has 0 atom stereocenters. The van der Waals surface area contributed by atoms with Crippen molar-refractivity contribution in [1.82, 2.24) is 4.72 Å². The molecule has 7 heteroatoms. The number of carbonyl (C=O) groups is 1. The van der Waals surface area contributed by atoms with Gasteiger partial charge in [0.25, 0.3) is 0 Å². The summed E-state index contributed by atoms with van der Waals surface area (Å²) in [6.45, 7) is 2.49. The number of sulfonamides is 1. The van der Waals surface area contributed by atoms with E-state index in [1.54, 1.807) is 29.2 Å². The second-order valence-electron chi connectivity index (χ2n) is 6.34. The van der Waals surface area contributed by atoms with Gasteiger partial charge < -0.3 is 4.90 Å². The Hall–Kier alpha value is -1.89. The zero-order valence-corrected chi connectivity index (χ0v) is 16.1. The van der Waals surface area contributed by atoms with Gasteiger partial charge in [0.2, 0.25) is 15.9 Å². The van der Waals surface area contributed by atoms with Gasteiger partial charge in [-0.2, -0.15) is 0 Å². The molecule has 0 saturated carbocycles. The van der Waals surface area contributed by atoms with Gasteiger partial charge in [-0.25, -0.2) is 13.1 Å².